The summed E-state index contributed by atoms with van der Waals surface area (Å²) < 4.78 is 42.2. The summed E-state index contributed by atoms with van der Waals surface area (Å²) in [7, 11) is -3.97. The molecule has 0 unspecified atom stereocenters. The molecule has 0 spiro atoms. The van der Waals surface area contributed by atoms with E-state index < -0.39 is 21.9 Å². The topological polar surface area (TPSA) is 139 Å². The van der Waals surface area contributed by atoms with Gasteiger partial charge in [0.2, 0.25) is 10.0 Å². The number of sulfonamides is 1. The summed E-state index contributed by atoms with van der Waals surface area (Å²) in [5.74, 6) is -0.222. The molecular formula is C18H24FN5O4S. The highest BCUT2D eigenvalue weighted by molar-refractivity contribution is 7.89. The molecule has 29 heavy (non-hydrogen) atoms. The molecule has 1 saturated carbocycles. The summed E-state index contributed by atoms with van der Waals surface area (Å²) in [6.07, 6.45) is 1.67. The number of nitrogens with one attached hydrogen (secondary N) is 3. The molecule has 0 bridgehead atoms. The zero-order valence-electron chi connectivity index (χ0n) is 16.1. The van der Waals surface area contributed by atoms with Crippen molar-refractivity contribution in [3.8, 4) is 0 Å². The molecule has 1 fully saturated rings. The van der Waals surface area contributed by atoms with Gasteiger partial charge >= 0.3 is 6.09 Å². The molecule has 158 valence electrons. The zero-order chi connectivity index (χ0) is 21.2. The lowest BCUT2D eigenvalue weighted by atomic mass is 10.0. The largest absolute Gasteiger partial charge is 0.446 e. The predicted molar refractivity (Wildman–Crippen MR) is 105 cm³/mol. The first kappa shape index (κ1) is 21.1. The molecule has 1 aromatic carbocycles. The Balaban J connectivity index is 1.61. The molecule has 5 N–H and O–H groups in total. The van der Waals surface area contributed by atoms with Gasteiger partial charge in [0.25, 0.3) is 0 Å². The SMILES string of the molecule is CC(C)NC(=O)O[C@@H]1CC[C@H](c2cc(Nc3ccc(S(N)(=O)=O)cc3F)n[nH]2)C1. The van der Waals surface area contributed by atoms with Crippen LogP contribution in [0.2, 0.25) is 0 Å². The minimum absolute atomic E-state index is 0.0142. The van der Waals surface area contributed by atoms with Crippen LogP contribution in [0.5, 0.6) is 0 Å². The van der Waals surface area contributed by atoms with E-state index in [0.29, 0.717) is 12.2 Å². The zero-order valence-corrected chi connectivity index (χ0v) is 16.9. The van der Waals surface area contributed by atoms with Crippen LogP contribution in [0.3, 0.4) is 0 Å². The minimum Gasteiger partial charge on any atom is -0.446 e. The number of benzene rings is 1. The van der Waals surface area contributed by atoms with Crippen molar-refractivity contribution in [2.75, 3.05) is 5.32 Å². The van der Waals surface area contributed by atoms with Crippen LogP contribution >= 0.6 is 0 Å². The van der Waals surface area contributed by atoms with Gasteiger partial charge in [-0.1, -0.05) is 0 Å². The summed E-state index contributed by atoms with van der Waals surface area (Å²) in [4.78, 5) is 11.4. The van der Waals surface area contributed by atoms with E-state index in [1.165, 1.54) is 12.1 Å². The average Bonchev–Trinajstić information content (AvgIpc) is 3.24. The van der Waals surface area contributed by atoms with Crippen LogP contribution in [-0.2, 0) is 14.8 Å². The first-order valence-electron chi connectivity index (χ1n) is 9.23. The van der Waals surface area contributed by atoms with Crippen molar-refractivity contribution in [1.82, 2.24) is 15.5 Å². The van der Waals surface area contributed by atoms with Gasteiger partial charge in [-0.3, -0.25) is 5.10 Å². The lowest BCUT2D eigenvalue weighted by Crippen LogP contribution is -2.33. The number of anilines is 2. The number of nitrogens with zero attached hydrogens (tertiary/aromatic N) is 1. The molecule has 0 saturated heterocycles. The average molecular weight is 425 g/mol. The first-order valence-corrected chi connectivity index (χ1v) is 10.8. The highest BCUT2D eigenvalue weighted by Gasteiger charge is 2.30. The van der Waals surface area contributed by atoms with Crippen molar-refractivity contribution in [3.63, 3.8) is 0 Å². The Bertz CT molecular complexity index is 992. The van der Waals surface area contributed by atoms with Crippen LogP contribution in [-0.4, -0.2) is 36.9 Å². The number of H-pyrrole nitrogens is 1. The summed E-state index contributed by atoms with van der Waals surface area (Å²) in [6, 6.07) is 5.13. The Labute approximate surface area is 168 Å². The fraction of sp³-hybridized carbons (Fsp3) is 0.444. The van der Waals surface area contributed by atoms with Crippen molar-refractivity contribution < 1.29 is 22.3 Å². The van der Waals surface area contributed by atoms with Crippen molar-refractivity contribution in [1.29, 1.82) is 0 Å². The normalized spacial score (nSPS) is 19.3. The van der Waals surface area contributed by atoms with Gasteiger partial charge in [-0.15, -0.1) is 0 Å². The van der Waals surface area contributed by atoms with Crippen molar-refractivity contribution >= 4 is 27.6 Å². The van der Waals surface area contributed by atoms with E-state index in [1.54, 1.807) is 6.07 Å². The Morgan fingerprint density at radius 2 is 2.10 bits per heavy atom. The second kappa shape index (κ2) is 8.37. The van der Waals surface area contributed by atoms with Crippen LogP contribution in [0.15, 0.2) is 29.2 Å². The molecule has 1 amide bonds. The standard InChI is InChI=1S/C18H24FN5O4S/c1-10(2)21-18(25)28-12-4-3-11(7-12)16-9-17(24-23-16)22-15-6-5-13(8-14(15)19)29(20,26)27/h5-6,8-12H,3-4,7H2,1-2H3,(H,21,25)(H2,20,26,27)(H2,22,23,24)/t11-,12+/m0/s1. The van der Waals surface area contributed by atoms with Crippen molar-refractivity contribution in [2.24, 2.45) is 5.14 Å². The molecule has 0 radical (unpaired) electrons. The molecule has 2 aromatic rings. The number of halogens is 1. The third kappa shape index (κ3) is 5.45. The second-order valence-corrected chi connectivity index (χ2v) is 8.92. The smallest absolute Gasteiger partial charge is 0.407 e. The number of aromatic nitrogens is 2. The first-order chi connectivity index (χ1) is 13.6. The highest BCUT2D eigenvalue weighted by atomic mass is 32.2. The van der Waals surface area contributed by atoms with E-state index in [2.05, 4.69) is 20.8 Å². The van der Waals surface area contributed by atoms with Crippen LogP contribution in [0, 0.1) is 5.82 Å². The fourth-order valence-corrected chi connectivity index (χ4v) is 3.80. The van der Waals surface area contributed by atoms with E-state index in [9.17, 15) is 17.6 Å². The Hall–Kier alpha value is -2.66. The number of hydrogen-bond acceptors (Lipinski definition) is 6. The number of ether oxygens (including phenoxy) is 1. The Morgan fingerprint density at radius 3 is 2.76 bits per heavy atom. The number of carbonyl (C=O) groups is 1. The summed E-state index contributed by atoms with van der Waals surface area (Å²) in [5, 5.41) is 17.6. The van der Waals surface area contributed by atoms with Crippen LogP contribution in [0.25, 0.3) is 0 Å². The maximum atomic E-state index is 14.2. The van der Waals surface area contributed by atoms with Crippen LogP contribution in [0.4, 0.5) is 20.7 Å². The number of aromatic amines is 1. The number of hydrogen-bond donors (Lipinski definition) is 4. The molecule has 2 atom stereocenters. The Kier molecular flexibility index (Phi) is 6.08. The quantitative estimate of drug-likeness (QED) is 0.561. The minimum atomic E-state index is -3.97. The fourth-order valence-electron chi connectivity index (χ4n) is 3.27. The Morgan fingerprint density at radius 1 is 1.34 bits per heavy atom. The molecule has 11 heteroatoms. The van der Waals surface area contributed by atoms with Gasteiger partial charge in [0.05, 0.1) is 10.6 Å². The monoisotopic (exact) mass is 425 g/mol. The molecule has 3 rings (SSSR count). The number of nitrogens with two attached hydrogens (primary N) is 1. The summed E-state index contributed by atoms with van der Waals surface area (Å²) >= 11 is 0. The van der Waals surface area contributed by atoms with Gasteiger partial charge in [0.1, 0.15) is 11.9 Å². The highest BCUT2D eigenvalue weighted by Crippen LogP contribution is 2.36. The van der Waals surface area contributed by atoms with E-state index in [4.69, 9.17) is 9.88 Å². The molecule has 1 aliphatic carbocycles. The second-order valence-electron chi connectivity index (χ2n) is 7.36. The van der Waals surface area contributed by atoms with Gasteiger partial charge in [0.15, 0.2) is 5.82 Å². The molecule has 1 aromatic heterocycles. The van der Waals surface area contributed by atoms with Crippen LogP contribution in [0.1, 0.15) is 44.7 Å². The van der Waals surface area contributed by atoms with Gasteiger partial charge in [-0.25, -0.2) is 22.7 Å². The van der Waals surface area contributed by atoms with Gasteiger partial charge in [-0.2, -0.15) is 5.10 Å². The number of alkyl carbamates (subject to hydrolysis) is 1. The lowest BCUT2D eigenvalue weighted by molar-refractivity contribution is 0.0981. The van der Waals surface area contributed by atoms with Crippen LogP contribution < -0.4 is 15.8 Å². The third-order valence-electron chi connectivity index (χ3n) is 4.63. The molecule has 0 aliphatic heterocycles. The van der Waals surface area contributed by atoms with Crippen molar-refractivity contribution in [2.45, 2.75) is 56.1 Å². The third-order valence-corrected chi connectivity index (χ3v) is 5.55. The van der Waals surface area contributed by atoms with Gasteiger partial charge in [0, 0.05) is 23.7 Å². The van der Waals surface area contributed by atoms with E-state index >= 15 is 0 Å². The molecule has 1 aliphatic rings. The maximum Gasteiger partial charge on any atom is 0.407 e. The van der Waals surface area contributed by atoms with Gasteiger partial charge in [-0.05, 0) is 51.3 Å². The number of amides is 1. The molecule has 1 heterocycles. The maximum absolute atomic E-state index is 14.2. The van der Waals surface area contributed by atoms with E-state index in [0.717, 1.165) is 24.6 Å². The summed E-state index contributed by atoms with van der Waals surface area (Å²) in [5.41, 5.74) is 0.929. The van der Waals surface area contributed by atoms with Crippen molar-refractivity contribution in [3.05, 3.63) is 35.8 Å². The van der Waals surface area contributed by atoms with E-state index in [-0.39, 0.29) is 28.6 Å². The van der Waals surface area contributed by atoms with E-state index in [1.807, 2.05) is 13.8 Å². The predicted octanol–water partition coefficient (Wildman–Crippen LogP) is 2.71. The number of rotatable bonds is 6. The molecule has 9 nitrogen and oxygen atoms in total. The summed E-state index contributed by atoms with van der Waals surface area (Å²) in [6.45, 7) is 3.73. The number of primary sulfonamides is 1. The molecular weight excluding hydrogens is 401 g/mol. The number of carbonyl (C=O) groups excluding carboxylic acids is 1. The van der Waals surface area contributed by atoms with Gasteiger partial charge < -0.3 is 15.4 Å². The lowest BCUT2D eigenvalue weighted by Gasteiger charge is -2.14.